The molecule has 5 heteroatoms. The average Bonchev–Trinajstić information content (AvgIpc) is 3.51. The number of fused-ring (bicyclic) bond motifs is 2. The molecule has 1 aromatic heterocycles. The molecule has 5 nitrogen and oxygen atoms in total. The standard InChI is InChI=1S/C30H29N3O2/c1-21-16-30(2)17-25(30)20-32(18-21)26-11-12-27-28(34)31(13-14-33(27)29(26)35)19-22-7-6-10-24(15-22)23-8-4-3-5-9-23/h3-12,15,18,20H,13-14,16-17,19H2,1-2H3. The van der Waals surface area contributed by atoms with Gasteiger partial charge in [-0.1, -0.05) is 61.0 Å². The van der Waals surface area contributed by atoms with E-state index in [2.05, 4.69) is 56.6 Å². The lowest BCUT2D eigenvalue weighted by molar-refractivity contribution is 0.0687. The molecule has 35 heavy (non-hydrogen) atoms. The highest BCUT2D eigenvalue weighted by Gasteiger charge is 2.45. The van der Waals surface area contributed by atoms with E-state index < -0.39 is 0 Å². The van der Waals surface area contributed by atoms with E-state index in [1.165, 1.54) is 11.1 Å². The summed E-state index contributed by atoms with van der Waals surface area (Å²) in [5.74, 6) is -0.0966. The van der Waals surface area contributed by atoms with Crippen LogP contribution in [0.1, 0.15) is 42.7 Å². The molecule has 3 heterocycles. The molecule has 2 aromatic carbocycles. The number of amides is 1. The molecule has 1 amide bonds. The molecule has 0 saturated heterocycles. The van der Waals surface area contributed by atoms with Gasteiger partial charge >= 0.3 is 0 Å². The summed E-state index contributed by atoms with van der Waals surface area (Å²) < 4.78 is 1.65. The van der Waals surface area contributed by atoms with Crippen molar-refractivity contribution in [1.82, 2.24) is 9.47 Å². The summed E-state index contributed by atoms with van der Waals surface area (Å²) in [6.45, 7) is 5.93. The van der Waals surface area contributed by atoms with Crippen molar-refractivity contribution < 1.29 is 4.79 Å². The largest absolute Gasteiger partial charge is 0.331 e. The molecular formula is C30H29N3O2. The lowest BCUT2D eigenvalue weighted by Gasteiger charge is -2.30. The monoisotopic (exact) mass is 463 g/mol. The van der Waals surface area contributed by atoms with Crippen LogP contribution in [-0.4, -0.2) is 21.9 Å². The smallest absolute Gasteiger partial charge is 0.275 e. The summed E-state index contributed by atoms with van der Waals surface area (Å²) in [4.78, 5) is 30.6. The number of benzene rings is 2. The molecule has 1 saturated carbocycles. The molecule has 1 atom stereocenters. The van der Waals surface area contributed by atoms with Gasteiger partial charge in [-0.2, -0.15) is 0 Å². The molecule has 6 rings (SSSR count). The fraction of sp³-hybridized carbons (Fsp3) is 0.267. The van der Waals surface area contributed by atoms with Crippen LogP contribution in [0.4, 0.5) is 5.69 Å². The van der Waals surface area contributed by atoms with Crippen molar-refractivity contribution in [1.29, 1.82) is 0 Å². The number of carbonyl (C=O) groups excluding carboxylic acids is 1. The summed E-state index contributed by atoms with van der Waals surface area (Å²) in [5, 5.41) is 0. The zero-order valence-corrected chi connectivity index (χ0v) is 20.2. The molecule has 0 radical (unpaired) electrons. The van der Waals surface area contributed by atoms with Gasteiger partial charge < -0.3 is 14.4 Å². The fourth-order valence-corrected chi connectivity index (χ4v) is 5.50. The molecule has 3 aromatic rings. The Hall–Kier alpha value is -3.86. The molecule has 0 spiro atoms. The second kappa shape index (κ2) is 8.12. The van der Waals surface area contributed by atoms with Crippen LogP contribution in [0.2, 0.25) is 0 Å². The highest BCUT2D eigenvalue weighted by atomic mass is 16.2. The minimum absolute atomic E-state index is 0.0966. The Balaban J connectivity index is 1.26. The number of hydrogen-bond donors (Lipinski definition) is 0. The minimum atomic E-state index is -0.105. The predicted molar refractivity (Wildman–Crippen MR) is 139 cm³/mol. The van der Waals surface area contributed by atoms with E-state index in [0.717, 1.165) is 29.5 Å². The van der Waals surface area contributed by atoms with E-state index in [1.807, 2.05) is 40.1 Å². The van der Waals surface area contributed by atoms with Crippen LogP contribution in [0.3, 0.4) is 0 Å². The van der Waals surface area contributed by atoms with E-state index in [0.29, 0.717) is 31.0 Å². The lowest BCUT2D eigenvalue weighted by atomic mass is 10.00. The Labute approximate surface area is 205 Å². The maximum atomic E-state index is 13.4. The summed E-state index contributed by atoms with van der Waals surface area (Å²) >= 11 is 0. The Bertz CT molecular complexity index is 1450. The third-order valence-electron chi connectivity index (χ3n) is 7.49. The van der Waals surface area contributed by atoms with Crippen LogP contribution in [-0.2, 0) is 13.1 Å². The van der Waals surface area contributed by atoms with E-state index >= 15 is 0 Å². The van der Waals surface area contributed by atoms with Crippen LogP contribution in [0.25, 0.3) is 11.1 Å². The quantitative estimate of drug-likeness (QED) is 0.508. The first kappa shape index (κ1) is 21.7. The Kier molecular flexibility index (Phi) is 5.03. The number of nitrogens with zero attached hydrogens (tertiary/aromatic N) is 3. The normalized spacial score (nSPS) is 21.0. The van der Waals surface area contributed by atoms with Crippen molar-refractivity contribution in [3.63, 3.8) is 0 Å². The Morgan fingerprint density at radius 2 is 1.66 bits per heavy atom. The molecule has 1 fully saturated rings. The van der Waals surface area contributed by atoms with Crippen LogP contribution in [0, 0.1) is 5.41 Å². The van der Waals surface area contributed by atoms with E-state index in [4.69, 9.17) is 0 Å². The number of aromatic nitrogens is 1. The van der Waals surface area contributed by atoms with Crippen molar-refractivity contribution in [3.05, 3.63) is 112 Å². The van der Waals surface area contributed by atoms with Gasteiger partial charge in [-0.3, -0.25) is 9.59 Å². The van der Waals surface area contributed by atoms with Gasteiger partial charge in [-0.15, -0.1) is 0 Å². The Morgan fingerprint density at radius 3 is 2.49 bits per heavy atom. The van der Waals surface area contributed by atoms with E-state index in [1.54, 1.807) is 10.6 Å². The van der Waals surface area contributed by atoms with Gasteiger partial charge in [0.05, 0.1) is 0 Å². The second-order valence-corrected chi connectivity index (χ2v) is 10.3. The highest BCUT2D eigenvalue weighted by molar-refractivity contribution is 5.93. The van der Waals surface area contributed by atoms with Crippen LogP contribution in [0.15, 0.2) is 95.1 Å². The zero-order valence-electron chi connectivity index (χ0n) is 20.2. The molecule has 1 unspecified atom stereocenters. The van der Waals surface area contributed by atoms with Crippen LogP contribution >= 0.6 is 0 Å². The molecule has 0 N–H and O–H groups in total. The highest BCUT2D eigenvalue weighted by Crippen LogP contribution is 2.57. The lowest BCUT2D eigenvalue weighted by Crippen LogP contribution is -2.44. The Morgan fingerprint density at radius 1 is 0.857 bits per heavy atom. The third-order valence-corrected chi connectivity index (χ3v) is 7.49. The molecule has 0 bridgehead atoms. The molecule has 1 aliphatic carbocycles. The van der Waals surface area contributed by atoms with Crippen molar-refractivity contribution in [3.8, 4) is 11.1 Å². The van der Waals surface area contributed by atoms with Crippen LogP contribution < -0.4 is 10.5 Å². The number of anilines is 1. The molecule has 3 aliphatic rings. The first-order chi connectivity index (χ1) is 16.9. The number of allylic oxidation sites excluding steroid dienone is 2. The first-order valence-corrected chi connectivity index (χ1v) is 12.3. The summed E-state index contributed by atoms with van der Waals surface area (Å²) in [7, 11) is 0. The van der Waals surface area contributed by atoms with Crippen molar-refractivity contribution in [2.45, 2.75) is 39.8 Å². The topological polar surface area (TPSA) is 45.6 Å². The molecular weight excluding hydrogens is 434 g/mol. The maximum absolute atomic E-state index is 13.4. The van der Waals surface area contributed by atoms with Gasteiger partial charge in [-0.05, 0) is 65.6 Å². The second-order valence-electron chi connectivity index (χ2n) is 10.3. The van der Waals surface area contributed by atoms with E-state index in [9.17, 15) is 9.59 Å². The SMILES string of the molecule is CC1=CN(c2ccc3n(c2=O)CCN(Cc2cccc(-c4ccccc4)c2)C3=O)C=C2CC2(C)C1. The fourth-order valence-electron chi connectivity index (χ4n) is 5.50. The van der Waals surface area contributed by atoms with Gasteiger partial charge in [0.25, 0.3) is 11.5 Å². The van der Waals surface area contributed by atoms with Gasteiger partial charge in [0.15, 0.2) is 0 Å². The van der Waals surface area contributed by atoms with Crippen LogP contribution in [0.5, 0.6) is 0 Å². The minimum Gasteiger partial charge on any atom is -0.331 e. The summed E-state index contributed by atoms with van der Waals surface area (Å²) in [6, 6.07) is 22.2. The van der Waals surface area contributed by atoms with Gasteiger partial charge in [0.2, 0.25) is 0 Å². The van der Waals surface area contributed by atoms with Crippen molar-refractivity contribution in [2.75, 3.05) is 11.4 Å². The maximum Gasteiger partial charge on any atom is 0.275 e. The third kappa shape index (κ3) is 3.91. The summed E-state index contributed by atoms with van der Waals surface area (Å²) in [6.07, 6.45) is 6.28. The zero-order chi connectivity index (χ0) is 24.2. The van der Waals surface area contributed by atoms with Gasteiger partial charge in [-0.25, -0.2) is 0 Å². The van der Waals surface area contributed by atoms with Gasteiger partial charge in [0.1, 0.15) is 11.4 Å². The number of rotatable bonds is 4. The average molecular weight is 464 g/mol. The molecule has 176 valence electrons. The van der Waals surface area contributed by atoms with Crippen molar-refractivity contribution in [2.24, 2.45) is 5.41 Å². The first-order valence-electron chi connectivity index (χ1n) is 12.3. The van der Waals surface area contributed by atoms with Crippen molar-refractivity contribution >= 4 is 11.6 Å². The number of carbonyl (C=O) groups is 1. The number of pyridine rings is 1. The number of hydrogen-bond acceptors (Lipinski definition) is 3. The molecule has 2 aliphatic heterocycles. The summed E-state index contributed by atoms with van der Waals surface area (Å²) in [5.41, 5.74) is 7.22. The van der Waals surface area contributed by atoms with Gasteiger partial charge in [0, 0.05) is 32.0 Å². The van der Waals surface area contributed by atoms with E-state index in [-0.39, 0.29) is 16.9 Å². The predicted octanol–water partition coefficient (Wildman–Crippen LogP) is 5.58.